The van der Waals surface area contributed by atoms with Crippen molar-refractivity contribution >= 4 is 29.2 Å². The summed E-state index contributed by atoms with van der Waals surface area (Å²) in [6, 6.07) is 3.73. The lowest BCUT2D eigenvalue weighted by molar-refractivity contribution is 0.683. The maximum Gasteiger partial charge on any atom is 0.207 e. The number of nitrogens with zero attached hydrogens (tertiary/aromatic N) is 2. The van der Waals surface area contributed by atoms with Crippen LogP contribution in [0.25, 0.3) is 5.69 Å². The normalized spacial score (nSPS) is 11.1. The number of benzene rings is 1. The average Bonchev–Trinajstić information content (AvgIpc) is 2.79. The van der Waals surface area contributed by atoms with Gasteiger partial charge in [-0.1, -0.05) is 37.0 Å². The molecule has 0 radical (unpaired) electrons. The molecule has 19 heavy (non-hydrogen) atoms. The van der Waals surface area contributed by atoms with E-state index in [0.717, 1.165) is 23.7 Å². The van der Waals surface area contributed by atoms with Crippen LogP contribution >= 0.6 is 23.2 Å². The predicted molar refractivity (Wildman–Crippen MR) is 81.6 cm³/mol. The monoisotopic (exact) mass is 297 g/mol. The van der Waals surface area contributed by atoms with Gasteiger partial charge in [0.05, 0.1) is 10.7 Å². The molecule has 0 bridgehead atoms. The fourth-order valence-corrected chi connectivity index (χ4v) is 2.21. The fraction of sp³-hybridized carbons (Fsp3) is 0.357. The molecule has 0 aliphatic carbocycles. The summed E-state index contributed by atoms with van der Waals surface area (Å²) >= 11 is 12.5. The largest absolute Gasteiger partial charge is 0.355 e. The standard InChI is InChI=1S/C14H17Cl2N3/c1-9(2)8-18-14-17-4-5-19(14)13-7-11(15)10(3)6-12(13)16/h4-7,9H,8H2,1-3H3,(H,17,18). The number of anilines is 1. The molecule has 3 nitrogen and oxygen atoms in total. The first-order chi connectivity index (χ1) is 8.99. The number of nitrogens with one attached hydrogen (secondary N) is 1. The third-order valence-electron chi connectivity index (χ3n) is 2.80. The van der Waals surface area contributed by atoms with Gasteiger partial charge in [-0.3, -0.25) is 4.57 Å². The van der Waals surface area contributed by atoms with Crippen LogP contribution in [0, 0.1) is 12.8 Å². The molecule has 0 amide bonds. The van der Waals surface area contributed by atoms with Crippen molar-refractivity contribution in [2.75, 3.05) is 11.9 Å². The molecule has 0 aliphatic rings. The molecule has 1 heterocycles. The molecule has 2 aromatic rings. The molecule has 2 rings (SSSR count). The van der Waals surface area contributed by atoms with Gasteiger partial charge >= 0.3 is 0 Å². The third kappa shape index (κ3) is 3.23. The van der Waals surface area contributed by atoms with Crippen LogP contribution in [-0.2, 0) is 0 Å². The second-order valence-electron chi connectivity index (χ2n) is 4.95. The highest BCUT2D eigenvalue weighted by Gasteiger charge is 2.10. The van der Waals surface area contributed by atoms with E-state index < -0.39 is 0 Å². The first-order valence-corrected chi connectivity index (χ1v) is 6.98. The van der Waals surface area contributed by atoms with E-state index in [1.807, 2.05) is 29.8 Å². The molecule has 1 aromatic carbocycles. The number of aryl methyl sites for hydroxylation is 1. The Hall–Kier alpha value is -1.19. The second-order valence-corrected chi connectivity index (χ2v) is 5.76. The van der Waals surface area contributed by atoms with Crippen LogP contribution in [0.5, 0.6) is 0 Å². The zero-order valence-electron chi connectivity index (χ0n) is 11.2. The lowest BCUT2D eigenvalue weighted by Gasteiger charge is -2.13. The lowest BCUT2D eigenvalue weighted by atomic mass is 10.2. The first-order valence-electron chi connectivity index (χ1n) is 6.22. The van der Waals surface area contributed by atoms with Gasteiger partial charge in [-0.2, -0.15) is 0 Å². The van der Waals surface area contributed by atoms with Crippen molar-refractivity contribution in [3.05, 3.63) is 40.1 Å². The van der Waals surface area contributed by atoms with Crippen molar-refractivity contribution in [2.45, 2.75) is 20.8 Å². The Labute approximate surface area is 123 Å². The number of imidazole rings is 1. The lowest BCUT2D eigenvalue weighted by Crippen LogP contribution is -2.12. The van der Waals surface area contributed by atoms with E-state index in [9.17, 15) is 0 Å². The SMILES string of the molecule is Cc1cc(Cl)c(-n2ccnc2NCC(C)C)cc1Cl. The molecule has 0 saturated heterocycles. The van der Waals surface area contributed by atoms with E-state index >= 15 is 0 Å². The van der Waals surface area contributed by atoms with Gasteiger partial charge < -0.3 is 5.32 Å². The van der Waals surface area contributed by atoms with E-state index in [0.29, 0.717) is 16.0 Å². The van der Waals surface area contributed by atoms with E-state index in [2.05, 4.69) is 24.1 Å². The van der Waals surface area contributed by atoms with E-state index in [4.69, 9.17) is 23.2 Å². The Morgan fingerprint density at radius 3 is 2.68 bits per heavy atom. The molecule has 0 aliphatic heterocycles. The third-order valence-corrected chi connectivity index (χ3v) is 3.51. The summed E-state index contributed by atoms with van der Waals surface area (Å²) in [6.45, 7) is 7.09. The average molecular weight is 298 g/mol. The summed E-state index contributed by atoms with van der Waals surface area (Å²) in [5.74, 6) is 1.32. The minimum absolute atomic E-state index is 0.544. The van der Waals surface area contributed by atoms with Crippen molar-refractivity contribution in [3.63, 3.8) is 0 Å². The molecule has 0 saturated carbocycles. The van der Waals surface area contributed by atoms with Crippen LogP contribution < -0.4 is 5.32 Å². The van der Waals surface area contributed by atoms with Gasteiger partial charge in [-0.25, -0.2) is 4.98 Å². The molecule has 0 fully saturated rings. The van der Waals surface area contributed by atoms with Crippen molar-refractivity contribution in [3.8, 4) is 5.69 Å². The van der Waals surface area contributed by atoms with Crippen molar-refractivity contribution in [1.82, 2.24) is 9.55 Å². The van der Waals surface area contributed by atoms with E-state index in [1.54, 1.807) is 6.20 Å². The summed E-state index contributed by atoms with van der Waals surface area (Å²) in [6.07, 6.45) is 3.61. The Balaban J connectivity index is 2.37. The number of aromatic nitrogens is 2. The molecule has 0 unspecified atom stereocenters. The molecule has 1 N–H and O–H groups in total. The zero-order chi connectivity index (χ0) is 14.0. The Morgan fingerprint density at radius 1 is 1.26 bits per heavy atom. The Bertz CT molecular complexity index is 576. The number of hydrogen-bond acceptors (Lipinski definition) is 2. The Morgan fingerprint density at radius 2 is 2.00 bits per heavy atom. The maximum absolute atomic E-state index is 6.29. The van der Waals surface area contributed by atoms with Gasteiger partial charge in [-0.05, 0) is 30.5 Å². The first kappa shape index (κ1) is 14.2. The van der Waals surface area contributed by atoms with Crippen LogP contribution in [0.15, 0.2) is 24.5 Å². The van der Waals surface area contributed by atoms with Crippen LogP contribution in [0.3, 0.4) is 0 Å². The van der Waals surface area contributed by atoms with E-state index in [1.165, 1.54) is 0 Å². The predicted octanol–water partition coefficient (Wildman–Crippen LogP) is 4.56. The van der Waals surface area contributed by atoms with Crippen molar-refractivity contribution in [1.29, 1.82) is 0 Å². The van der Waals surface area contributed by atoms with Crippen LogP contribution in [0.1, 0.15) is 19.4 Å². The summed E-state index contributed by atoms with van der Waals surface area (Å²) < 4.78 is 1.91. The van der Waals surface area contributed by atoms with Crippen molar-refractivity contribution in [2.24, 2.45) is 5.92 Å². The van der Waals surface area contributed by atoms with Gasteiger partial charge in [-0.15, -0.1) is 0 Å². The highest BCUT2D eigenvalue weighted by Crippen LogP contribution is 2.29. The summed E-state index contributed by atoms with van der Waals surface area (Å²) in [4.78, 5) is 4.31. The van der Waals surface area contributed by atoms with E-state index in [-0.39, 0.29) is 0 Å². The molecule has 1 aromatic heterocycles. The topological polar surface area (TPSA) is 29.9 Å². The highest BCUT2D eigenvalue weighted by atomic mass is 35.5. The molecular formula is C14H17Cl2N3. The van der Waals surface area contributed by atoms with Crippen LogP contribution in [0.2, 0.25) is 10.0 Å². The van der Waals surface area contributed by atoms with Gasteiger partial charge in [0, 0.05) is 24.0 Å². The van der Waals surface area contributed by atoms with Crippen molar-refractivity contribution < 1.29 is 0 Å². The molecule has 5 heteroatoms. The number of halogens is 2. The molecule has 0 spiro atoms. The Kier molecular flexibility index (Phi) is 4.38. The maximum atomic E-state index is 6.29. The zero-order valence-corrected chi connectivity index (χ0v) is 12.8. The second kappa shape index (κ2) is 5.85. The molecule has 0 atom stereocenters. The fourth-order valence-electron chi connectivity index (χ4n) is 1.74. The van der Waals surface area contributed by atoms with Gasteiger partial charge in [0.2, 0.25) is 5.95 Å². The summed E-state index contributed by atoms with van der Waals surface area (Å²) in [7, 11) is 0. The summed E-state index contributed by atoms with van der Waals surface area (Å²) in [5.41, 5.74) is 1.80. The minimum Gasteiger partial charge on any atom is -0.355 e. The van der Waals surface area contributed by atoms with Gasteiger partial charge in [0.1, 0.15) is 0 Å². The van der Waals surface area contributed by atoms with Gasteiger partial charge in [0.15, 0.2) is 0 Å². The minimum atomic E-state index is 0.544. The van der Waals surface area contributed by atoms with Crippen LogP contribution in [-0.4, -0.2) is 16.1 Å². The quantitative estimate of drug-likeness (QED) is 0.897. The molecular weight excluding hydrogens is 281 g/mol. The van der Waals surface area contributed by atoms with Crippen LogP contribution in [0.4, 0.5) is 5.95 Å². The summed E-state index contributed by atoms with van der Waals surface area (Å²) in [5, 5.41) is 4.66. The smallest absolute Gasteiger partial charge is 0.207 e. The van der Waals surface area contributed by atoms with Gasteiger partial charge in [0.25, 0.3) is 0 Å². The molecule has 102 valence electrons. The highest BCUT2D eigenvalue weighted by molar-refractivity contribution is 6.35. The number of hydrogen-bond donors (Lipinski definition) is 1. The number of rotatable bonds is 4.